The highest BCUT2D eigenvalue weighted by atomic mass is 19.4. The second-order valence-electron chi connectivity index (χ2n) is 2.33. The summed E-state index contributed by atoms with van der Waals surface area (Å²) in [6.45, 7) is 1.81. The highest BCUT2D eigenvalue weighted by molar-refractivity contribution is 4.63. The molecular formula is C7H13F3O3. The Bertz CT molecular complexity index is 127. The molecule has 0 aromatic rings. The van der Waals surface area contributed by atoms with Gasteiger partial charge >= 0.3 is 6.18 Å². The van der Waals surface area contributed by atoms with Crippen LogP contribution in [0.1, 0.15) is 6.92 Å². The Labute approximate surface area is 74.4 Å². The number of hydrogen-bond donors (Lipinski definition) is 1. The normalized spacial score (nSPS) is 14.5. The van der Waals surface area contributed by atoms with Crippen LogP contribution in [0.25, 0.3) is 0 Å². The van der Waals surface area contributed by atoms with E-state index in [1.165, 1.54) is 0 Å². The van der Waals surface area contributed by atoms with Gasteiger partial charge < -0.3 is 14.6 Å². The van der Waals surface area contributed by atoms with Gasteiger partial charge in [0, 0.05) is 6.61 Å². The Morgan fingerprint density at radius 3 is 2.23 bits per heavy atom. The summed E-state index contributed by atoms with van der Waals surface area (Å²) in [6, 6.07) is 0. The van der Waals surface area contributed by atoms with Crippen molar-refractivity contribution in [1.82, 2.24) is 0 Å². The van der Waals surface area contributed by atoms with Crippen molar-refractivity contribution in [3.05, 3.63) is 0 Å². The van der Waals surface area contributed by atoms with Crippen molar-refractivity contribution in [3.63, 3.8) is 0 Å². The molecule has 0 aliphatic rings. The van der Waals surface area contributed by atoms with Crippen molar-refractivity contribution in [2.45, 2.75) is 19.2 Å². The van der Waals surface area contributed by atoms with E-state index in [4.69, 9.17) is 9.84 Å². The Morgan fingerprint density at radius 1 is 1.23 bits per heavy atom. The van der Waals surface area contributed by atoms with Crippen molar-refractivity contribution >= 4 is 0 Å². The van der Waals surface area contributed by atoms with Crippen LogP contribution in [0, 0.1) is 0 Å². The molecular weight excluding hydrogens is 189 g/mol. The minimum Gasteiger partial charge on any atom is -0.382 e. The molecule has 0 spiro atoms. The lowest BCUT2D eigenvalue weighted by Crippen LogP contribution is -2.33. The van der Waals surface area contributed by atoms with E-state index < -0.39 is 18.9 Å². The van der Waals surface area contributed by atoms with Crippen molar-refractivity contribution in [2.75, 3.05) is 26.4 Å². The molecule has 0 heterocycles. The van der Waals surface area contributed by atoms with Gasteiger partial charge in [0.1, 0.15) is 0 Å². The monoisotopic (exact) mass is 202 g/mol. The fourth-order valence-electron chi connectivity index (χ4n) is 0.552. The maximum atomic E-state index is 11.7. The summed E-state index contributed by atoms with van der Waals surface area (Å²) in [7, 11) is 0. The number of aliphatic hydroxyl groups excluding tert-OH is 1. The Morgan fingerprint density at radius 2 is 1.77 bits per heavy atom. The highest BCUT2D eigenvalue weighted by Gasteiger charge is 2.38. The van der Waals surface area contributed by atoms with Gasteiger partial charge in [-0.15, -0.1) is 0 Å². The fraction of sp³-hybridized carbons (Fsp3) is 1.00. The lowest BCUT2D eigenvalue weighted by Gasteiger charge is -2.14. The van der Waals surface area contributed by atoms with E-state index in [-0.39, 0.29) is 13.2 Å². The Hall–Kier alpha value is -0.330. The van der Waals surface area contributed by atoms with Gasteiger partial charge in [0.2, 0.25) is 0 Å². The molecule has 0 aliphatic carbocycles. The highest BCUT2D eigenvalue weighted by Crippen LogP contribution is 2.19. The number of ether oxygens (including phenoxy) is 2. The molecule has 3 nitrogen and oxygen atoms in total. The molecule has 1 unspecified atom stereocenters. The maximum Gasteiger partial charge on any atom is 0.416 e. The Kier molecular flexibility index (Phi) is 6.02. The van der Waals surface area contributed by atoms with Gasteiger partial charge in [0.05, 0.1) is 19.8 Å². The standard InChI is InChI=1S/C7H13F3O3/c1-2-12-3-4-13-5-6(11)7(8,9)10/h6,11H,2-5H2,1H3. The van der Waals surface area contributed by atoms with Crippen LogP contribution in [0.3, 0.4) is 0 Å². The molecule has 0 aromatic heterocycles. The molecule has 0 bridgehead atoms. The molecule has 0 fully saturated rings. The van der Waals surface area contributed by atoms with Gasteiger partial charge in [-0.05, 0) is 6.92 Å². The fourth-order valence-corrected chi connectivity index (χ4v) is 0.552. The smallest absolute Gasteiger partial charge is 0.382 e. The molecule has 0 aromatic carbocycles. The zero-order chi connectivity index (χ0) is 10.3. The molecule has 1 N–H and O–H groups in total. The van der Waals surface area contributed by atoms with Gasteiger partial charge in [-0.2, -0.15) is 13.2 Å². The van der Waals surface area contributed by atoms with Crippen LogP contribution >= 0.6 is 0 Å². The lowest BCUT2D eigenvalue weighted by atomic mass is 10.4. The van der Waals surface area contributed by atoms with Crippen LogP contribution in [0.2, 0.25) is 0 Å². The summed E-state index contributed by atoms with van der Waals surface area (Å²) in [5.74, 6) is 0. The quantitative estimate of drug-likeness (QED) is 0.652. The third-order valence-electron chi connectivity index (χ3n) is 1.23. The molecule has 13 heavy (non-hydrogen) atoms. The summed E-state index contributed by atoms with van der Waals surface area (Å²) in [4.78, 5) is 0. The molecule has 0 saturated heterocycles. The van der Waals surface area contributed by atoms with E-state index in [9.17, 15) is 13.2 Å². The number of halogens is 3. The van der Waals surface area contributed by atoms with E-state index in [1.54, 1.807) is 6.92 Å². The molecule has 0 saturated carbocycles. The van der Waals surface area contributed by atoms with Crippen LogP contribution in [0.4, 0.5) is 13.2 Å². The first kappa shape index (κ1) is 12.7. The zero-order valence-electron chi connectivity index (χ0n) is 7.30. The first-order chi connectivity index (χ1) is 5.98. The molecule has 1 atom stereocenters. The number of rotatable bonds is 6. The third-order valence-corrected chi connectivity index (χ3v) is 1.23. The third kappa shape index (κ3) is 6.80. The van der Waals surface area contributed by atoms with Gasteiger partial charge in [0.25, 0.3) is 0 Å². The van der Waals surface area contributed by atoms with Crippen molar-refractivity contribution in [1.29, 1.82) is 0 Å². The molecule has 80 valence electrons. The Balaban J connectivity index is 3.32. The first-order valence-electron chi connectivity index (χ1n) is 3.88. The van der Waals surface area contributed by atoms with Crippen LogP contribution in [-0.4, -0.2) is 43.8 Å². The predicted molar refractivity (Wildman–Crippen MR) is 39.4 cm³/mol. The average molecular weight is 202 g/mol. The second-order valence-corrected chi connectivity index (χ2v) is 2.33. The van der Waals surface area contributed by atoms with Crippen LogP contribution in [0.5, 0.6) is 0 Å². The summed E-state index contributed by atoms with van der Waals surface area (Å²) in [5.41, 5.74) is 0. The van der Waals surface area contributed by atoms with E-state index in [0.29, 0.717) is 6.61 Å². The van der Waals surface area contributed by atoms with E-state index >= 15 is 0 Å². The summed E-state index contributed by atoms with van der Waals surface area (Å²) >= 11 is 0. The number of hydrogen-bond acceptors (Lipinski definition) is 3. The minimum absolute atomic E-state index is 0.0565. The van der Waals surface area contributed by atoms with Crippen LogP contribution < -0.4 is 0 Å². The van der Waals surface area contributed by atoms with Gasteiger partial charge in [-0.25, -0.2) is 0 Å². The van der Waals surface area contributed by atoms with Gasteiger partial charge in [-0.1, -0.05) is 0 Å². The molecule has 0 rings (SSSR count). The average Bonchev–Trinajstić information content (AvgIpc) is 2.02. The van der Waals surface area contributed by atoms with Crippen molar-refractivity contribution in [3.8, 4) is 0 Å². The number of aliphatic hydroxyl groups is 1. The van der Waals surface area contributed by atoms with E-state index in [2.05, 4.69) is 4.74 Å². The lowest BCUT2D eigenvalue weighted by molar-refractivity contribution is -0.218. The van der Waals surface area contributed by atoms with Crippen molar-refractivity contribution < 1.29 is 27.8 Å². The predicted octanol–water partition coefficient (Wildman–Crippen LogP) is 0.963. The van der Waals surface area contributed by atoms with Crippen LogP contribution in [-0.2, 0) is 9.47 Å². The molecule has 0 amide bonds. The largest absolute Gasteiger partial charge is 0.416 e. The molecule has 0 aliphatic heterocycles. The minimum atomic E-state index is -4.61. The topological polar surface area (TPSA) is 38.7 Å². The number of alkyl halides is 3. The van der Waals surface area contributed by atoms with Crippen LogP contribution in [0.15, 0.2) is 0 Å². The van der Waals surface area contributed by atoms with Crippen molar-refractivity contribution in [2.24, 2.45) is 0 Å². The molecule has 0 radical (unpaired) electrons. The first-order valence-corrected chi connectivity index (χ1v) is 3.88. The van der Waals surface area contributed by atoms with Gasteiger partial charge in [0.15, 0.2) is 6.10 Å². The summed E-state index contributed by atoms with van der Waals surface area (Å²) in [5, 5.41) is 8.45. The summed E-state index contributed by atoms with van der Waals surface area (Å²) < 4.78 is 44.3. The van der Waals surface area contributed by atoms with E-state index in [0.717, 1.165) is 0 Å². The summed E-state index contributed by atoms with van der Waals surface area (Å²) in [6.07, 6.45) is -7.01. The van der Waals surface area contributed by atoms with E-state index in [1.807, 2.05) is 0 Å². The zero-order valence-corrected chi connectivity index (χ0v) is 7.30. The van der Waals surface area contributed by atoms with Gasteiger partial charge in [-0.3, -0.25) is 0 Å². The second kappa shape index (κ2) is 6.17. The maximum absolute atomic E-state index is 11.7. The SMILES string of the molecule is CCOCCOCC(O)C(F)(F)F. The molecule has 6 heteroatoms.